The topological polar surface area (TPSA) is 103 Å². The van der Waals surface area contributed by atoms with Crippen molar-refractivity contribution in [3.05, 3.63) is 0 Å². The van der Waals surface area contributed by atoms with Gasteiger partial charge in [-0.2, -0.15) is 0 Å². The number of hydrogen-bond acceptors (Lipinski definition) is 11. The standard InChI is InChI=1S/C21H43NO10/c1-22(2)4-5-25-6-7-26-8-9-27-10-11-28-12-13-29-14-15-30-16-17-31-18-19-32-20-21(23)24-3/h4-20H2,1-3H3. The fourth-order valence-electron chi connectivity index (χ4n) is 2.00. The molecule has 0 aliphatic rings. The van der Waals surface area contributed by atoms with E-state index in [9.17, 15) is 4.79 Å². The van der Waals surface area contributed by atoms with E-state index in [1.54, 1.807) is 0 Å². The highest BCUT2D eigenvalue weighted by Gasteiger charge is 1.99. The van der Waals surface area contributed by atoms with Gasteiger partial charge in [-0.25, -0.2) is 4.79 Å². The highest BCUT2D eigenvalue weighted by Crippen LogP contribution is 1.86. The number of rotatable bonds is 26. The van der Waals surface area contributed by atoms with E-state index >= 15 is 0 Å². The molecule has 0 saturated heterocycles. The van der Waals surface area contributed by atoms with Crippen molar-refractivity contribution in [1.29, 1.82) is 0 Å². The molecule has 0 saturated carbocycles. The SMILES string of the molecule is COC(=O)COCCOCCOCCOCCOCCOCCOCCOCCN(C)C. The Morgan fingerprint density at radius 2 is 0.781 bits per heavy atom. The molecule has 0 aromatic heterocycles. The second kappa shape index (κ2) is 26.4. The molecule has 0 N–H and O–H groups in total. The Hall–Kier alpha value is -0.890. The predicted octanol–water partition coefficient (Wildman–Crippen LogP) is -0.146. The van der Waals surface area contributed by atoms with Crippen LogP contribution in [-0.4, -0.2) is 144 Å². The van der Waals surface area contributed by atoms with Crippen LogP contribution < -0.4 is 0 Å². The van der Waals surface area contributed by atoms with Crippen molar-refractivity contribution >= 4 is 5.97 Å². The van der Waals surface area contributed by atoms with E-state index in [0.29, 0.717) is 99.1 Å². The van der Waals surface area contributed by atoms with Crippen molar-refractivity contribution in [2.45, 2.75) is 0 Å². The molecule has 32 heavy (non-hydrogen) atoms. The molecule has 0 heterocycles. The summed E-state index contributed by atoms with van der Waals surface area (Å²) < 4.78 is 47.3. The van der Waals surface area contributed by atoms with Crippen LogP contribution in [0, 0.1) is 0 Å². The Morgan fingerprint density at radius 1 is 0.500 bits per heavy atom. The molecule has 11 nitrogen and oxygen atoms in total. The van der Waals surface area contributed by atoms with Gasteiger partial charge in [0.2, 0.25) is 0 Å². The molecule has 0 aliphatic heterocycles. The molecular weight excluding hydrogens is 426 g/mol. The van der Waals surface area contributed by atoms with Gasteiger partial charge in [-0.15, -0.1) is 0 Å². The maximum atomic E-state index is 10.8. The summed E-state index contributed by atoms with van der Waals surface area (Å²) in [6.07, 6.45) is 0. The summed E-state index contributed by atoms with van der Waals surface area (Å²) in [4.78, 5) is 12.9. The van der Waals surface area contributed by atoms with E-state index < -0.39 is 5.97 Å². The number of methoxy groups -OCH3 is 1. The van der Waals surface area contributed by atoms with Crippen LogP contribution in [0.15, 0.2) is 0 Å². The van der Waals surface area contributed by atoms with Gasteiger partial charge in [0.05, 0.1) is 106 Å². The fourth-order valence-corrected chi connectivity index (χ4v) is 2.00. The van der Waals surface area contributed by atoms with Crippen LogP contribution in [0.25, 0.3) is 0 Å². The van der Waals surface area contributed by atoms with E-state index in [0.717, 1.165) is 6.54 Å². The Morgan fingerprint density at radius 3 is 1.06 bits per heavy atom. The van der Waals surface area contributed by atoms with E-state index in [2.05, 4.69) is 9.64 Å². The van der Waals surface area contributed by atoms with Crippen molar-refractivity contribution < 1.29 is 47.4 Å². The van der Waals surface area contributed by atoms with Crippen LogP contribution in [0.4, 0.5) is 0 Å². The third-order valence-electron chi connectivity index (χ3n) is 3.73. The van der Waals surface area contributed by atoms with E-state index in [1.165, 1.54) is 7.11 Å². The lowest BCUT2D eigenvalue weighted by Crippen LogP contribution is -2.19. The number of esters is 1. The third-order valence-corrected chi connectivity index (χ3v) is 3.73. The van der Waals surface area contributed by atoms with Gasteiger partial charge in [0.15, 0.2) is 0 Å². The summed E-state index contributed by atoms with van der Waals surface area (Å²) in [5.41, 5.74) is 0. The van der Waals surface area contributed by atoms with E-state index in [-0.39, 0.29) is 6.61 Å². The van der Waals surface area contributed by atoms with Gasteiger partial charge in [-0.1, -0.05) is 0 Å². The second-order valence-corrected chi connectivity index (χ2v) is 6.72. The Balaban J connectivity index is 3.03. The lowest BCUT2D eigenvalue weighted by molar-refractivity contribution is -0.146. The molecule has 0 fully saturated rings. The minimum absolute atomic E-state index is 0.0620. The molecule has 0 amide bonds. The van der Waals surface area contributed by atoms with E-state index in [1.807, 2.05) is 14.1 Å². The van der Waals surface area contributed by atoms with Crippen LogP contribution in [0.3, 0.4) is 0 Å². The van der Waals surface area contributed by atoms with Crippen LogP contribution in [0.1, 0.15) is 0 Å². The molecule has 11 heteroatoms. The maximum absolute atomic E-state index is 10.8. The predicted molar refractivity (Wildman–Crippen MR) is 117 cm³/mol. The van der Waals surface area contributed by atoms with Crippen LogP contribution in [0.5, 0.6) is 0 Å². The summed E-state index contributed by atoms with van der Waals surface area (Å²) in [5, 5.41) is 0. The molecular formula is C21H43NO10. The molecule has 0 aromatic rings. The van der Waals surface area contributed by atoms with Crippen molar-refractivity contribution in [2.75, 3.05) is 133 Å². The zero-order chi connectivity index (χ0) is 23.5. The Bertz CT molecular complexity index is 388. The Labute approximate surface area is 192 Å². The van der Waals surface area contributed by atoms with Crippen molar-refractivity contribution in [3.8, 4) is 0 Å². The van der Waals surface area contributed by atoms with Gasteiger partial charge < -0.3 is 47.5 Å². The molecule has 0 bridgehead atoms. The van der Waals surface area contributed by atoms with Gasteiger partial charge in [-0.05, 0) is 14.1 Å². The van der Waals surface area contributed by atoms with Gasteiger partial charge in [-0.3, -0.25) is 0 Å². The number of carbonyl (C=O) groups excluding carboxylic acids is 1. The number of ether oxygens (including phenoxy) is 9. The molecule has 0 atom stereocenters. The molecule has 192 valence electrons. The maximum Gasteiger partial charge on any atom is 0.331 e. The first-order valence-electron chi connectivity index (χ1n) is 11.0. The number of likely N-dealkylation sites (N-methyl/N-ethyl adjacent to an activating group) is 1. The van der Waals surface area contributed by atoms with Gasteiger partial charge in [0, 0.05) is 6.54 Å². The first-order chi connectivity index (χ1) is 15.7. The summed E-state index contributed by atoms with van der Waals surface area (Å²) in [7, 11) is 5.35. The normalized spacial score (nSPS) is 11.4. The summed E-state index contributed by atoms with van der Waals surface area (Å²) >= 11 is 0. The quantitative estimate of drug-likeness (QED) is 0.125. The lowest BCUT2D eigenvalue weighted by atomic mass is 10.6. The van der Waals surface area contributed by atoms with Crippen molar-refractivity contribution in [3.63, 3.8) is 0 Å². The van der Waals surface area contributed by atoms with Gasteiger partial charge >= 0.3 is 5.97 Å². The summed E-state index contributed by atoms with van der Waals surface area (Å²) in [6.45, 7) is 8.57. The minimum Gasteiger partial charge on any atom is -0.467 e. The molecule has 0 spiro atoms. The molecule has 0 rings (SSSR count). The smallest absolute Gasteiger partial charge is 0.331 e. The number of carbonyl (C=O) groups is 1. The highest BCUT2D eigenvalue weighted by molar-refractivity contribution is 5.70. The number of hydrogen-bond donors (Lipinski definition) is 0. The monoisotopic (exact) mass is 469 g/mol. The zero-order valence-corrected chi connectivity index (χ0v) is 20.1. The first kappa shape index (κ1) is 31.1. The van der Waals surface area contributed by atoms with Crippen molar-refractivity contribution in [2.24, 2.45) is 0 Å². The highest BCUT2D eigenvalue weighted by atomic mass is 16.6. The summed E-state index contributed by atoms with van der Waals surface area (Å²) in [6, 6.07) is 0. The van der Waals surface area contributed by atoms with Crippen molar-refractivity contribution in [1.82, 2.24) is 4.90 Å². The molecule has 0 unspecified atom stereocenters. The summed E-state index contributed by atoms with van der Waals surface area (Å²) in [5.74, 6) is -0.402. The van der Waals surface area contributed by atoms with E-state index in [4.69, 9.17) is 37.9 Å². The molecule has 0 radical (unpaired) electrons. The largest absolute Gasteiger partial charge is 0.467 e. The van der Waals surface area contributed by atoms with Crippen LogP contribution in [0.2, 0.25) is 0 Å². The minimum atomic E-state index is -0.402. The average molecular weight is 470 g/mol. The first-order valence-corrected chi connectivity index (χ1v) is 11.0. The zero-order valence-electron chi connectivity index (χ0n) is 20.1. The third kappa shape index (κ3) is 27.1. The fraction of sp³-hybridized carbons (Fsp3) is 0.952. The average Bonchev–Trinajstić information content (AvgIpc) is 2.78. The van der Waals surface area contributed by atoms with Crippen LogP contribution in [-0.2, 0) is 47.4 Å². The van der Waals surface area contributed by atoms with Crippen LogP contribution >= 0.6 is 0 Å². The molecule has 0 aromatic carbocycles. The van der Waals surface area contributed by atoms with Gasteiger partial charge in [0.1, 0.15) is 6.61 Å². The Kier molecular flexibility index (Phi) is 25.6. The second-order valence-electron chi connectivity index (χ2n) is 6.72. The van der Waals surface area contributed by atoms with Gasteiger partial charge in [0.25, 0.3) is 0 Å². The molecule has 0 aliphatic carbocycles. The number of nitrogens with zero attached hydrogens (tertiary/aromatic N) is 1. The lowest BCUT2D eigenvalue weighted by Gasteiger charge is -2.10.